The topological polar surface area (TPSA) is 101 Å². The Bertz CT molecular complexity index is 1010. The highest BCUT2D eigenvalue weighted by Gasteiger charge is 2.12. The Labute approximate surface area is 166 Å². The van der Waals surface area contributed by atoms with Crippen molar-refractivity contribution >= 4 is 23.4 Å². The molecule has 3 aromatic rings. The molecule has 142 valence electrons. The minimum atomic E-state index is -0.265. The Kier molecular flexibility index (Phi) is 6.29. The van der Waals surface area contributed by atoms with Crippen LogP contribution in [0.5, 0.6) is 5.75 Å². The smallest absolute Gasteiger partial charge is 0.277 e. The molecule has 0 aliphatic heterocycles. The van der Waals surface area contributed by atoms with Crippen LogP contribution in [0.3, 0.4) is 0 Å². The van der Waals surface area contributed by atoms with Gasteiger partial charge in [0.15, 0.2) is 6.61 Å². The Balaban J connectivity index is 1.50. The average molecular weight is 394 g/mol. The number of carbonyl (C=O) groups is 1. The second-order valence-electron chi connectivity index (χ2n) is 6.07. The third kappa shape index (κ3) is 5.34. The highest BCUT2D eigenvalue weighted by atomic mass is 32.2. The van der Waals surface area contributed by atoms with E-state index in [2.05, 4.69) is 21.6 Å². The molecule has 0 saturated heterocycles. The molecule has 0 saturated carbocycles. The zero-order chi connectivity index (χ0) is 19.9. The number of ether oxygens (including phenoxy) is 1. The van der Waals surface area contributed by atoms with E-state index in [-0.39, 0.29) is 23.5 Å². The number of rotatable bonds is 7. The molecule has 2 aromatic carbocycles. The third-order valence-corrected chi connectivity index (χ3v) is 4.47. The molecule has 8 heteroatoms. The number of benzene rings is 2. The average Bonchev–Trinajstić information content (AvgIpc) is 3.12. The molecule has 0 spiro atoms. The first kappa shape index (κ1) is 19.5. The van der Waals surface area contributed by atoms with Gasteiger partial charge in [-0.1, -0.05) is 30.0 Å². The largest absolute Gasteiger partial charge is 0.484 e. The first-order valence-electron chi connectivity index (χ1n) is 8.49. The summed E-state index contributed by atoms with van der Waals surface area (Å²) >= 11 is 1.12. The van der Waals surface area contributed by atoms with Crippen molar-refractivity contribution < 1.29 is 13.9 Å². The fraction of sp³-hybridized carbons (Fsp3) is 0.200. The van der Waals surface area contributed by atoms with Crippen LogP contribution in [0.4, 0.5) is 5.69 Å². The molecular weight excluding hydrogens is 376 g/mol. The molecule has 1 N–H and O–H groups in total. The number of para-hydroxylation sites is 1. The van der Waals surface area contributed by atoms with E-state index in [1.54, 1.807) is 24.3 Å². The summed E-state index contributed by atoms with van der Waals surface area (Å²) in [7, 11) is 0. The SMILES string of the molecule is Cc1cc(C)cc(OCc2nnc(SCC(=O)Nc3ccccc3C#N)o2)c1. The predicted molar refractivity (Wildman–Crippen MR) is 105 cm³/mol. The van der Waals surface area contributed by atoms with Gasteiger partial charge in [-0.05, 0) is 49.2 Å². The number of aryl methyl sites for hydroxylation is 2. The summed E-state index contributed by atoms with van der Waals surface area (Å²) < 4.78 is 11.2. The van der Waals surface area contributed by atoms with Crippen molar-refractivity contribution in [2.24, 2.45) is 0 Å². The van der Waals surface area contributed by atoms with Crippen LogP contribution < -0.4 is 10.1 Å². The summed E-state index contributed by atoms with van der Waals surface area (Å²) in [5.41, 5.74) is 3.11. The number of hydrogen-bond acceptors (Lipinski definition) is 7. The number of anilines is 1. The molecule has 0 aliphatic carbocycles. The van der Waals surface area contributed by atoms with E-state index in [1.807, 2.05) is 32.0 Å². The van der Waals surface area contributed by atoms with Crippen LogP contribution >= 0.6 is 11.8 Å². The molecule has 1 aromatic heterocycles. The van der Waals surface area contributed by atoms with E-state index in [9.17, 15) is 4.79 Å². The normalized spacial score (nSPS) is 10.3. The molecule has 0 aliphatic rings. The quantitative estimate of drug-likeness (QED) is 0.607. The van der Waals surface area contributed by atoms with Crippen LogP contribution in [0.1, 0.15) is 22.6 Å². The van der Waals surface area contributed by atoms with Gasteiger partial charge in [0.1, 0.15) is 11.8 Å². The first-order chi connectivity index (χ1) is 13.5. The van der Waals surface area contributed by atoms with Crippen molar-refractivity contribution in [2.75, 3.05) is 11.1 Å². The van der Waals surface area contributed by atoms with E-state index < -0.39 is 0 Å². The number of nitrogens with zero attached hydrogens (tertiary/aromatic N) is 3. The van der Waals surface area contributed by atoms with Crippen LogP contribution in [0.25, 0.3) is 0 Å². The zero-order valence-electron chi connectivity index (χ0n) is 15.4. The lowest BCUT2D eigenvalue weighted by molar-refractivity contribution is -0.113. The number of thioether (sulfide) groups is 1. The van der Waals surface area contributed by atoms with Crippen molar-refractivity contribution in [1.29, 1.82) is 5.26 Å². The van der Waals surface area contributed by atoms with Crippen LogP contribution in [-0.2, 0) is 11.4 Å². The van der Waals surface area contributed by atoms with Gasteiger partial charge >= 0.3 is 0 Å². The summed E-state index contributed by atoms with van der Waals surface area (Å²) in [6.45, 7) is 4.15. The summed E-state index contributed by atoms with van der Waals surface area (Å²) in [5.74, 6) is 0.885. The number of nitriles is 1. The lowest BCUT2D eigenvalue weighted by Crippen LogP contribution is -2.14. The molecule has 0 atom stereocenters. The van der Waals surface area contributed by atoms with Gasteiger partial charge in [-0.15, -0.1) is 10.2 Å². The summed E-state index contributed by atoms with van der Waals surface area (Å²) in [6.07, 6.45) is 0. The van der Waals surface area contributed by atoms with Gasteiger partial charge in [0, 0.05) is 0 Å². The maximum atomic E-state index is 12.1. The number of hydrogen-bond donors (Lipinski definition) is 1. The highest BCUT2D eigenvalue weighted by molar-refractivity contribution is 7.99. The summed E-state index contributed by atoms with van der Waals surface area (Å²) in [5, 5.41) is 19.9. The van der Waals surface area contributed by atoms with E-state index in [0.29, 0.717) is 17.1 Å². The van der Waals surface area contributed by atoms with Crippen molar-refractivity contribution in [3.8, 4) is 11.8 Å². The molecule has 1 heterocycles. The van der Waals surface area contributed by atoms with Gasteiger partial charge in [0.05, 0.1) is 17.0 Å². The Hall–Kier alpha value is -3.31. The van der Waals surface area contributed by atoms with Gasteiger partial charge in [-0.25, -0.2) is 0 Å². The molecule has 28 heavy (non-hydrogen) atoms. The maximum Gasteiger partial charge on any atom is 0.277 e. The van der Waals surface area contributed by atoms with Gasteiger partial charge in [0.2, 0.25) is 5.91 Å². The van der Waals surface area contributed by atoms with Gasteiger partial charge in [-0.2, -0.15) is 5.26 Å². The summed E-state index contributed by atoms with van der Waals surface area (Å²) in [6, 6.07) is 14.8. The van der Waals surface area contributed by atoms with Crippen LogP contribution in [0, 0.1) is 25.2 Å². The Morgan fingerprint density at radius 1 is 1.21 bits per heavy atom. The molecule has 7 nitrogen and oxygen atoms in total. The minimum absolute atomic E-state index is 0.0827. The number of carbonyl (C=O) groups excluding carboxylic acids is 1. The number of nitrogens with one attached hydrogen (secondary N) is 1. The molecule has 0 fully saturated rings. The standard InChI is InChI=1S/C20H18N4O3S/c1-13-7-14(2)9-16(8-13)26-11-19-23-24-20(27-19)28-12-18(25)22-17-6-4-3-5-15(17)10-21/h3-9H,11-12H2,1-2H3,(H,22,25). The van der Waals surface area contributed by atoms with E-state index in [4.69, 9.17) is 14.4 Å². The maximum absolute atomic E-state index is 12.1. The summed E-state index contributed by atoms with van der Waals surface area (Å²) in [4.78, 5) is 12.1. The second-order valence-corrected chi connectivity index (χ2v) is 6.99. The zero-order valence-corrected chi connectivity index (χ0v) is 16.2. The Morgan fingerprint density at radius 2 is 1.96 bits per heavy atom. The van der Waals surface area contributed by atoms with Crippen LogP contribution in [0.2, 0.25) is 0 Å². The fourth-order valence-corrected chi connectivity index (χ4v) is 3.10. The lowest BCUT2D eigenvalue weighted by Gasteiger charge is -2.06. The fourth-order valence-electron chi connectivity index (χ4n) is 2.52. The molecule has 0 radical (unpaired) electrons. The van der Waals surface area contributed by atoms with Crippen LogP contribution in [0.15, 0.2) is 52.1 Å². The minimum Gasteiger partial charge on any atom is -0.484 e. The molecule has 1 amide bonds. The second kappa shape index (κ2) is 9.06. The first-order valence-corrected chi connectivity index (χ1v) is 9.47. The van der Waals surface area contributed by atoms with E-state index in [1.165, 1.54) is 0 Å². The van der Waals surface area contributed by atoms with Gasteiger partial charge < -0.3 is 14.5 Å². The van der Waals surface area contributed by atoms with Gasteiger partial charge in [-0.3, -0.25) is 4.79 Å². The van der Waals surface area contributed by atoms with E-state index >= 15 is 0 Å². The molecular formula is C20H18N4O3S. The van der Waals surface area contributed by atoms with Crippen molar-refractivity contribution in [3.05, 3.63) is 65.0 Å². The van der Waals surface area contributed by atoms with Crippen LogP contribution in [-0.4, -0.2) is 21.9 Å². The molecule has 0 bridgehead atoms. The van der Waals surface area contributed by atoms with Crippen molar-refractivity contribution in [1.82, 2.24) is 10.2 Å². The number of amides is 1. The monoisotopic (exact) mass is 394 g/mol. The van der Waals surface area contributed by atoms with Crippen molar-refractivity contribution in [3.63, 3.8) is 0 Å². The molecule has 3 rings (SSSR count). The van der Waals surface area contributed by atoms with Gasteiger partial charge in [0.25, 0.3) is 11.1 Å². The van der Waals surface area contributed by atoms with Crippen molar-refractivity contribution in [2.45, 2.75) is 25.7 Å². The predicted octanol–water partition coefficient (Wildman–Crippen LogP) is 3.87. The van der Waals surface area contributed by atoms with E-state index in [0.717, 1.165) is 28.6 Å². The highest BCUT2D eigenvalue weighted by Crippen LogP contribution is 2.20. The number of aromatic nitrogens is 2. The lowest BCUT2D eigenvalue weighted by atomic mass is 10.1. The Morgan fingerprint density at radius 3 is 2.71 bits per heavy atom. The molecule has 0 unspecified atom stereocenters. The third-order valence-electron chi connectivity index (χ3n) is 3.65.